The van der Waals surface area contributed by atoms with Gasteiger partial charge in [0.05, 0.1) is 27.8 Å². The van der Waals surface area contributed by atoms with Gasteiger partial charge in [-0.25, -0.2) is 9.97 Å². The second-order valence-corrected chi connectivity index (χ2v) is 13.0. The van der Waals surface area contributed by atoms with E-state index in [1.165, 1.54) is 27.6 Å². The number of rotatable bonds is 3. The van der Waals surface area contributed by atoms with Crippen LogP contribution in [0.3, 0.4) is 0 Å². The Morgan fingerprint density at radius 2 is 1.17 bits per heavy atom. The summed E-state index contributed by atoms with van der Waals surface area (Å²) in [5, 5.41) is 4.52. The van der Waals surface area contributed by atoms with Crippen molar-refractivity contribution in [2.24, 2.45) is 0 Å². The van der Waals surface area contributed by atoms with Gasteiger partial charge in [-0.3, -0.25) is 4.57 Å². The van der Waals surface area contributed by atoms with Gasteiger partial charge in [0.2, 0.25) is 5.95 Å². The van der Waals surface area contributed by atoms with E-state index in [2.05, 4.69) is 140 Å². The Balaban J connectivity index is 1.38. The lowest BCUT2D eigenvalue weighted by atomic mass is 9.80. The molecule has 3 heterocycles. The molecular formula is C43H29N3O. The van der Waals surface area contributed by atoms with E-state index < -0.39 is 0 Å². The number of furan rings is 1. The smallest absolute Gasteiger partial charge is 0.235 e. The number of hydrogen-bond donors (Lipinski definition) is 0. The molecule has 222 valence electrons. The topological polar surface area (TPSA) is 43.9 Å². The fourth-order valence-electron chi connectivity index (χ4n) is 7.90. The van der Waals surface area contributed by atoms with E-state index in [0.29, 0.717) is 5.95 Å². The summed E-state index contributed by atoms with van der Waals surface area (Å²) in [5.41, 5.74) is 12.7. The van der Waals surface area contributed by atoms with E-state index in [0.717, 1.165) is 60.9 Å². The lowest BCUT2D eigenvalue weighted by Crippen LogP contribution is -2.15. The largest absolute Gasteiger partial charge is 0.455 e. The van der Waals surface area contributed by atoms with E-state index in [9.17, 15) is 0 Å². The van der Waals surface area contributed by atoms with Crippen LogP contribution >= 0.6 is 0 Å². The highest BCUT2D eigenvalue weighted by atomic mass is 16.3. The normalized spacial score (nSPS) is 13.5. The molecule has 10 rings (SSSR count). The molecule has 0 saturated heterocycles. The number of para-hydroxylation sites is 1. The van der Waals surface area contributed by atoms with Crippen molar-refractivity contribution in [1.29, 1.82) is 0 Å². The molecule has 3 aromatic heterocycles. The first-order valence-corrected chi connectivity index (χ1v) is 16.1. The maximum atomic E-state index is 6.76. The van der Waals surface area contributed by atoms with E-state index in [1.54, 1.807) is 0 Å². The van der Waals surface area contributed by atoms with Crippen molar-refractivity contribution in [2.45, 2.75) is 19.3 Å². The Morgan fingerprint density at radius 3 is 1.91 bits per heavy atom. The van der Waals surface area contributed by atoms with Crippen LogP contribution < -0.4 is 0 Å². The number of fused-ring (bicyclic) bond motifs is 11. The van der Waals surface area contributed by atoms with Gasteiger partial charge in [0, 0.05) is 32.7 Å². The molecule has 4 heteroatoms. The molecule has 0 unspecified atom stereocenters. The molecule has 9 aromatic rings. The van der Waals surface area contributed by atoms with E-state index in [-0.39, 0.29) is 5.41 Å². The van der Waals surface area contributed by atoms with Crippen molar-refractivity contribution in [1.82, 2.24) is 14.5 Å². The summed E-state index contributed by atoms with van der Waals surface area (Å²) in [4.78, 5) is 10.6. The van der Waals surface area contributed by atoms with Crippen molar-refractivity contribution < 1.29 is 4.42 Å². The van der Waals surface area contributed by atoms with Crippen molar-refractivity contribution in [2.75, 3.05) is 0 Å². The van der Waals surface area contributed by atoms with Crippen LogP contribution in [0.15, 0.2) is 144 Å². The Hall–Kier alpha value is -6.00. The third-order valence-corrected chi connectivity index (χ3v) is 10.0. The fourth-order valence-corrected chi connectivity index (χ4v) is 7.90. The second-order valence-electron chi connectivity index (χ2n) is 13.0. The van der Waals surface area contributed by atoms with Crippen molar-refractivity contribution in [3.8, 4) is 39.6 Å². The zero-order chi connectivity index (χ0) is 31.3. The number of nitrogens with zero attached hydrogens (tertiary/aromatic N) is 3. The molecule has 0 amide bonds. The van der Waals surface area contributed by atoms with E-state index in [1.807, 2.05) is 18.2 Å². The Labute approximate surface area is 271 Å². The van der Waals surface area contributed by atoms with Gasteiger partial charge in [0.1, 0.15) is 11.2 Å². The van der Waals surface area contributed by atoms with Crippen LogP contribution in [-0.4, -0.2) is 14.5 Å². The molecule has 0 spiro atoms. The Kier molecular flexibility index (Phi) is 5.31. The number of hydrogen-bond acceptors (Lipinski definition) is 3. The van der Waals surface area contributed by atoms with Crippen molar-refractivity contribution in [3.05, 3.63) is 151 Å². The van der Waals surface area contributed by atoms with Crippen molar-refractivity contribution >= 4 is 43.7 Å². The van der Waals surface area contributed by atoms with Crippen LogP contribution in [0, 0.1) is 0 Å². The zero-order valence-electron chi connectivity index (χ0n) is 26.0. The third kappa shape index (κ3) is 3.64. The standard InChI is InChI=1S/C43H29N3O/c1-43(2)32-19-11-9-17-28(32)30-21-23-35-38(40(30)43)39-36(24-22-31-29-18-10-12-20-37(29)47-41(31)39)46(35)42-44-33(26-13-5-3-6-14-26)25-34(45-42)27-15-7-4-8-16-27/h3-25H,1-2H3. The molecule has 47 heavy (non-hydrogen) atoms. The monoisotopic (exact) mass is 603 g/mol. The summed E-state index contributed by atoms with van der Waals surface area (Å²) in [5.74, 6) is 0.633. The van der Waals surface area contributed by atoms with Gasteiger partial charge < -0.3 is 4.42 Å². The van der Waals surface area contributed by atoms with E-state index >= 15 is 0 Å². The highest BCUT2D eigenvalue weighted by molar-refractivity contribution is 6.25. The predicted molar refractivity (Wildman–Crippen MR) is 192 cm³/mol. The number of aromatic nitrogens is 3. The van der Waals surface area contributed by atoms with Crippen LogP contribution in [0.2, 0.25) is 0 Å². The van der Waals surface area contributed by atoms with Crippen LogP contribution in [0.25, 0.3) is 83.3 Å². The summed E-state index contributed by atoms with van der Waals surface area (Å²) < 4.78 is 9.01. The van der Waals surface area contributed by atoms with Gasteiger partial charge in [0.25, 0.3) is 0 Å². The van der Waals surface area contributed by atoms with E-state index in [4.69, 9.17) is 14.4 Å². The van der Waals surface area contributed by atoms with Gasteiger partial charge in [0.15, 0.2) is 0 Å². The molecule has 6 aromatic carbocycles. The van der Waals surface area contributed by atoms with Gasteiger partial charge in [-0.2, -0.15) is 0 Å². The Morgan fingerprint density at radius 1 is 0.553 bits per heavy atom. The quantitative estimate of drug-likeness (QED) is 0.202. The summed E-state index contributed by atoms with van der Waals surface area (Å²) in [7, 11) is 0. The molecule has 0 N–H and O–H groups in total. The first-order chi connectivity index (χ1) is 23.1. The lowest BCUT2D eigenvalue weighted by molar-refractivity contribution is 0.665. The fraction of sp³-hybridized carbons (Fsp3) is 0.0698. The summed E-state index contributed by atoms with van der Waals surface area (Å²) >= 11 is 0. The van der Waals surface area contributed by atoms with Crippen LogP contribution in [-0.2, 0) is 5.41 Å². The highest BCUT2D eigenvalue weighted by Gasteiger charge is 2.38. The molecule has 0 radical (unpaired) electrons. The lowest BCUT2D eigenvalue weighted by Gasteiger charge is -2.22. The minimum atomic E-state index is -0.222. The van der Waals surface area contributed by atoms with Crippen LogP contribution in [0.4, 0.5) is 0 Å². The molecular weight excluding hydrogens is 574 g/mol. The van der Waals surface area contributed by atoms with Gasteiger partial charge in [-0.1, -0.05) is 123 Å². The Bertz CT molecular complexity index is 2640. The second kappa shape index (κ2) is 9.51. The molecule has 4 nitrogen and oxygen atoms in total. The summed E-state index contributed by atoms with van der Waals surface area (Å²) in [6, 6.07) is 48.9. The molecule has 1 aliphatic rings. The summed E-state index contributed by atoms with van der Waals surface area (Å²) in [6.45, 7) is 4.69. The van der Waals surface area contributed by atoms with Crippen molar-refractivity contribution in [3.63, 3.8) is 0 Å². The molecule has 1 aliphatic carbocycles. The highest BCUT2D eigenvalue weighted by Crippen LogP contribution is 2.54. The maximum Gasteiger partial charge on any atom is 0.235 e. The van der Waals surface area contributed by atoms with Gasteiger partial charge in [-0.15, -0.1) is 0 Å². The molecule has 0 atom stereocenters. The SMILES string of the molecule is CC1(C)c2ccccc2-c2ccc3c(c21)c1c2oc4ccccc4c2ccc1n3-c1nc(-c2ccccc2)cc(-c2ccccc2)n1. The maximum absolute atomic E-state index is 6.76. The zero-order valence-corrected chi connectivity index (χ0v) is 26.0. The van der Waals surface area contributed by atoms with Crippen LogP contribution in [0.5, 0.6) is 0 Å². The average Bonchev–Trinajstić information content (AvgIpc) is 3.74. The van der Waals surface area contributed by atoms with Gasteiger partial charge >= 0.3 is 0 Å². The third-order valence-electron chi connectivity index (χ3n) is 10.0. The molecule has 0 bridgehead atoms. The molecule has 0 saturated carbocycles. The minimum Gasteiger partial charge on any atom is -0.455 e. The number of benzene rings is 6. The minimum absolute atomic E-state index is 0.222. The first-order valence-electron chi connectivity index (χ1n) is 16.1. The molecule has 0 aliphatic heterocycles. The summed E-state index contributed by atoms with van der Waals surface area (Å²) in [6.07, 6.45) is 0. The molecule has 0 fully saturated rings. The van der Waals surface area contributed by atoms with Crippen LogP contribution in [0.1, 0.15) is 25.0 Å². The van der Waals surface area contributed by atoms with Gasteiger partial charge in [-0.05, 0) is 52.6 Å². The predicted octanol–water partition coefficient (Wildman–Crippen LogP) is 11.1. The average molecular weight is 604 g/mol. The first kappa shape index (κ1) is 26.2.